The number of methoxy groups -OCH3 is 1. The van der Waals surface area contributed by atoms with E-state index in [1.54, 1.807) is 17.6 Å². The highest BCUT2D eigenvalue weighted by atomic mass is 19.2. The lowest BCUT2D eigenvalue weighted by Gasteiger charge is -2.40. The molecule has 0 aliphatic carbocycles. The molecule has 0 unspecified atom stereocenters. The van der Waals surface area contributed by atoms with Crippen molar-refractivity contribution in [3.63, 3.8) is 0 Å². The number of anilines is 1. The van der Waals surface area contributed by atoms with Crippen LogP contribution in [0.3, 0.4) is 0 Å². The Morgan fingerprint density at radius 3 is 2.46 bits per heavy atom. The molecule has 1 aliphatic rings. The van der Waals surface area contributed by atoms with Crippen molar-refractivity contribution in [3.05, 3.63) is 65.4 Å². The summed E-state index contributed by atoms with van der Waals surface area (Å²) >= 11 is 0. The van der Waals surface area contributed by atoms with Gasteiger partial charge in [0.05, 0.1) is 24.2 Å². The van der Waals surface area contributed by atoms with Crippen LogP contribution in [0.2, 0.25) is 0 Å². The number of alkyl halides is 1. The van der Waals surface area contributed by atoms with Crippen LogP contribution in [0.1, 0.15) is 37.4 Å². The van der Waals surface area contributed by atoms with Gasteiger partial charge in [-0.3, -0.25) is 15.0 Å². The zero-order chi connectivity index (χ0) is 28.2. The Balaban J connectivity index is 1.40. The molecule has 2 heterocycles. The number of halogens is 5. The molecule has 1 fully saturated rings. The maximum atomic E-state index is 15.5. The summed E-state index contributed by atoms with van der Waals surface area (Å²) in [5, 5.41) is 12.3. The number of amides is 1. The summed E-state index contributed by atoms with van der Waals surface area (Å²) in [6.07, 6.45) is -0.355. The number of likely N-dealkylation sites (tertiary alicyclic amines) is 1. The number of carbonyl (C=O) groups excluding carboxylic acids is 1. The molecule has 12 heteroatoms. The van der Waals surface area contributed by atoms with Crippen molar-refractivity contribution in [1.29, 1.82) is 0 Å². The van der Waals surface area contributed by atoms with Crippen LogP contribution in [0.5, 0.6) is 5.75 Å². The Bertz CT molecular complexity index is 1310. The molecule has 4 rings (SSSR count). The van der Waals surface area contributed by atoms with Crippen molar-refractivity contribution in [3.8, 4) is 5.75 Å². The van der Waals surface area contributed by atoms with Gasteiger partial charge < -0.3 is 15.0 Å². The fourth-order valence-electron chi connectivity index (χ4n) is 5.12. The molecular weight excluding hydrogens is 523 g/mol. The highest BCUT2D eigenvalue weighted by Gasteiger charge is 2.41. The first kappa shape index (κ1) is 28.5. The zero-order valence-electron chi connectivity index (χ0n) is 21.2. The van der Waals surface area contributed by atoms with E-state index in [9.17, 15) is 27.6 Å². The Labute approximate surface area is 221 Å². The number of nitrogens with one attached hydrogen (secondary N) is 2. The van der Waals surface area contributed by atoms with E-state index < -0.39 is 46.5 Å². The quantitative estimate of drug-likeness (QED) is 0.180. The molecule has 3 N–H and O–H groups in total. The summed E-state index contributed by atoms with van der Waals surface area (Å²) in [5.41, 5.74) is 0.409. The Morgan fingerprint density at radius 2 is 1.82 bits per heavy atom. The lowest BCUT2D eigenvalue weighted by atomic mass is 9.73. The molecule has 0 radical (unpaired) electrons. The number of piperidine rings is 1. The number of pyridine rings is 1. The fourth-order valence-corrected chi connectivity index (χ4v) is 5.12. The van der Waals surface area contributed by atoms with Crippen molar-refractivity contribution in [1.82, 2.24) is 15.4 Å². The van der Waals surface area contributed by atoms with E-state index >= 15 is 4.39 Å². The second-order valence-electron chi connectivity index (χ2n) is 9.64. The van der Waals surface area contributed by atoms with Crippen LogP contribution in [0.4, 0.5) is 27.6 Å². The largest absolute Gasteiger partial charge is 0.497 e. The minimum Gasteiger partial charge on any atom is -0.497 e. The average molecular weight is 553 g/mol. The van der Waals surface area contributed by atoms with Gasteiger partial charge in [0.1, 0.15) is 29.2 Å². The SMILES string of the molecule is COc1ccc2ncc(F)c([C@H](F)CCC3(C(=O)NO)CCN(CCNc4c(F)cc(F)cc4F)CC3)c2c1. The molecule has 1 atom stereocenters. The van der Waals surface area contributed by atoms with Crippen LogP contribution in [0.15, 0.2) is 36.5 Å². The number of nitrogens with zero attached hydrogens (tertiary/aromatic N) is 2. The summed E-state index contributed by atoms with van der Waals surface area (Å²) < 4.78 is 76.2. The second-order valence-corrected chi connectivity index (χ2v) is 9.64. The molecule has 7 nitrogen and oxygen atoms in total. The van der Waals surface area contributed by atoms with E-state index in [2.05, 4.69) is 10.3 Å². The number of hydrogen-bond acceptors (Lipinski definition) is 6. The first-order valence-electron chi connectivity index (χ1n) is 12.5. The first-order valence-corrected chi connectivity index (χ1v) is 12.5. The summed E-state index contributed by atoms with van der Waals surface area (Å²) in [6, 6.07) is 5.93. The van der Waals surface area contributed by atoms with Gasteiger partial charge in [-0.2, -0.15) is 0 Å². The number of rotatable bonds is 10. The van der Waals surface area contributed by atoms with Crippen molar-refractivity contribution < 1.29 is 36.7 Å². The lowest BCUT2D eigenvalue weighted by Crippen LogP contribution is -2.49. The van der Waals surface area contributed by atoms with Crippen LogP contribution in [0.25, 0.3) is 10.9 Å². The van der Waals surface area contributed by atoms with Crippen molar-refractivity contribution in [2.75, 3.05) is 38.6 Å². The third kappa shape index (κ3) is 6.22. The molecule has 1 aliphatic heterocycles. The van der Waals surface area contributed by atoms with Crippen LogP contribution in [-0.2, 0) is 4.79 Å². The number of ether oxygens (including phenoxy) is 1. The first-order chi connectivity index (χ1) is 18.7. The number of fused-ring (bicyclic) bond motifs is 1. The van der Waals surface area contributed by atoms with E-state index in [0.29, 0.717) is 43.0 Å². The number of hydroxylamine groups is 1. The monoisotopic (exact) mass is 552 g/mol. The average Bonchev–Trinajstić information content (AvgIpc) is 2.93. The predicted octanol–water partition coefficient (Wildman–Crippen LogP) is 5.29. The number of carbonyl (C=O) groups is 1. The highest BCUT2D eigenvalue weighted by Crippen LogP contribution is 2.41. The second kappa shape index (κ2) is 12.1. The fraction of sp³-hybridized carbons (Fsp3) is 0.407. The van der Waals surface area contributed by atoms with Gasteiger partial charge in [-0.1, -0.05) is 0 Å². The standard InChI is InChI=1S/C27H29F5N4O3/c1-39-17-2-3-23-18(14-17)24(22(32)15-34-23)19(29)4-5-27(26(37)35-38)6-9-36(10-7-27)11-8-33-25-20(30)12-16(28)13-21(25)31/h2-3,12-15,19,33,38H,4-11H2,1H3,(H,35,37)/t19-/m1/s1. The predicted molar refractivity (Wildman–Crippen MR) is 134 cm³/mol. The summed E-state index contributed by atoms with van der Waals surface area (Å²) in [5.74, 6) is -4.12. The van der Waals surface area contributed by atoms with E-state index in [0.717, 1.165) is 6.20 Å². The Kier molecular flexibility index (Phi) is 8.86. The van der Waals surface area contributed by atoms with Gasteiger partial charge >= 0.3 is 0 Å². The molecule has 3 aromatic rings. The van der Waals surface area contributed by atoms with Crippen LogP contribution in [0, 0.1) is 28.7 Å². The minimum absolute atomic E-state index is 0.0475. The maximum Gasteiger partial charge on any atom is 0.249 e. The Hall–Kier alpha value is -3.51. The third-order valence-corrected chi connectivity index (χ3v) is 7.39. The van der Waals surface area contributed by atoms with Gasteiger partial charge in [0, 0.05) is 36.2 Å². The Morgan fingerprint density at radius 1 is 1.13 bits per heavy atom. The third-order valence-electron chi connectivity index (χ3n) is 7.39. The minimum atomic E-state index is -1.74. The molecular formula is C27H29F5N4O3. The summed E-state index contributed by atoms with van der Waals surface area (Å²) in [7, 11) is 1.44. The van der Waals surface area contributed by atoms with E-state index in [4.69, 9.17) is 4.74 Å². The number of aromatic nitrogens is 1. The molecule has 1 amide bonds. The van der Waals surface area contributed by atoms with Crippen molar-refractivity contribution >= 4 is 22.5 Å². The van der Waals surface area contributed by atoms with Crippen LogP contribution >= 0.6 is 0 Å². The summed E-state index contributed by atoms with van der Waals surface area (Å²) in [4.78, 5) is 18.6. The summed E-state index contributed by atoms with van der Waals surface area (Å²) in [6.45, 7) is 1.31. The smallest absolute Gasteiger partial charge is 0.249 e. The number of benzene rings is 2. The lowest BCUT2D eigenvalue weighted by molar-refractivity contribution is -0.143. The molecule has 210 valence electrons. The number of hydrogen-bond donors (Lipinski definition) is 3. The van der Waals surface area contributed by atoms with Gasteiger partial charge in [-0.25, -0.2) is 27.4 Å². The highest BCUT2D eigenvalue weighted by molar-refractivity contribution is 5.84. The molecule has 0 spiro atoms. The molecule has 0 saturated carbocycles. The van der Waals surface area contributed by atoms with Crippen LogP contribution < -0.4 is 15.5 Å². The zero-order valence-corrected chi connectivity index (χ0v) is 21.2. The van der Waals surface area contributed by atoms with E-state index in [-0.39, 0.29) is 43.2 Å². The molecule has 1 saturated heterocycles. The topological polar surface area (TPSA) is 86.7 Å². The van der Waals surface area contributed by atoms with Crippen molar-refractivity contribution in [2.24, 2.45) is 5.41 Å². The molecule has 39 heavy (non-hydrogen) atoms. The van der Waals surface area contributed by atoms with Gasteiger partial charge in [-0.05, 0) is 57.0 Å². The normalized spacial score (nSPS) is 16.2. The maximum absolute atomic E-state index is 15.5. The van der Waals surface area contributed by atoms with Crippen molar-refractivity contribution in [2.45, 2.75) is 31.9 Å². The molecule has 2 aromatic carbocycles. The van der Waals surface area contributed by atoms with Gasteiger partial charge in [-0.15, -0.1) is 0 Å². The van der Waals surface area contributed by atoms with Gasteiger partial charge in [0.25, 0.3) is 0 Å². The van der Waals surface area contributed by atoms with Crippen LogP contribution in [-0.4, -0.2) is 54.3 Å². The van der Waals surface area contributed by atoms with E-state index in [1.807, 2.05) is 4.90 Å². The van der Waals surface area contributed by atoms with Gasteiger partial charge in [0.15, 0.2) is 11.6 Å². The molecule has 0 bridgehead atoms. The van der Waals surface area contributed by atoms with E-state index in [1.165, 1.54) is 13.2 Å². The molecule has 1 aromatic heterocycles. The van der Waals surface area contributed by atoms with Gasteiger partial charge in [0.2, 0.25) is 5.91 Å².